The maximum absolute atomic E-state index is 12.7. The Morgan fingerprint density at radius 1 is 1.15 bits per heavy atom. The number of Topliss-reactive ketones (excluding diaryl/α,β-unsaturated/α-hetero) is 1. The largest absolute Gasteiger partial charge is 0.294 e. The number of sulfone groups is 1. The third-order valence-electron chi connectivity index (χ3n) is 3.03. The average Bonchev–Trinajstić information content (AvgIpc) is 2.37. The summed E-state index contributed by atoms with van der Waals surface area (Å²) in [5, 5.41) is 0. The van der Waals surface area contributed by atoms with Crippen LogP contribution in [-0.2, 0) is 9.84 Å². The molecule has 0 saturated carbocycles. The molecule has 0 amide bonds. The quantitative estimate of drug-likeness (QED) is 0.692. The van der Waals surface area contributed by atoms with E-state index >= 15 is 0 Å². The number of hydrogen-bond donors (Lipinski definition) is 0. The molecule has 0 N–H and O–H groups in total. The molecular weight excluding hydrogens is 279 g/mol. The van der Waals surface area contributed by atoms with Crippen LogP contribution >= 0.6 is 0 Å². The van der Waals surface area contributed by atoms with Gasteiger partial charge in [0.1, 0.15) is 15.7 Å². The van der Waals surface area contributed by atoms with Crippen LogP contribution in [0.3, 0.4) is 0 Å². The number of carbonyl (C=O) groups excluding carboxylic acids is 1. The molecule has 1 rings (SSSR count). The van der Waals surface area contributed by atoms with Crippen LogP contribution in [-0.4, -0.2) is 25.7 Å². The van der Waals surface area contributed by atoms with Crippen LogP contribution in [0.1, 0.15) is 43.5 Å². The topological polar surface area (TPSA) is 51.2 Å². The summed E-state index contributed by atoms with van der Waals surface area (Å²) in [6, 6.07) is 5.30. The fourth-order valence-corrected chi connectivity index (χ4v) is 3.37. The molecule has 3 nitrogen and oxygen atoms in total. The van der Waals surface area contributed by atoms with Crippen LogP contribution in [0.5, 0.6) is 0 Å². The van der Waals surface area contributed by atoms with Crippen LogP contribution in [0.25, 0.3) is 0 Å². The molecule has 1 aromatic carbocycles. The molecule has 0 unspecified atom stereocenters. The molecule has 0 atom stereocenters. The summed E-state index contributed by atoms with van der Waals surface area (Å²) in [4.78, 5) is 11.8. The van der Waals surface area contributed by atoms with Crippen molar-refractivity contribution in [3.05, 3.63) is 35.6 Å². The van der Waals surface area contributed by atoms with E-state index in [1.165, 1.54) is 24.3 Å². The second kappa shape index (κ2) is 7.53. The number of halogens is 1. The zero-order valence-electron chi connectivity index (χ0n) is 11.9. The minimum absolute atomic E-state index is 0.0344. The molecule has 0 heterocycles. The first-order valence-corrected chi connectivity index (χ1v) is 8.61. The second-order valence-corrected chi connectivity index (χ2v) is 7.67. The number of hydrogen-bond acceptors (Lipinski definition) is 3. The Morgan fingerprint density at radius 2 is 1.75 bits per heavy atom. The molecule has 0 spiro atoms. The number of carbonyl (C=O) groups is 1. The molecule has 1 aromatic rings. The maximum atomic E-state index is 12.7. The number of benzene rings is 1. The average molecular weight is 300 g/mol. The van der Waals surface area contributed by atoms with E-state index in [1.54, 1.807) is 0 Å². The zero-order valence-corrected chi connectivity index (χ0v) is 12.7. The molecule has 0 saturated heterocycles. The van der Waals surface area contributed by atoms with Gasteiger partial charge < -0.3 is 0 Å². The molecular formula is C15H21FO3S. The molecule has 0 fully saturated rings. The van der Waals surface area contributed by atoms with Crippen LogP contribution in [0.4, 0.5) is 4.39 Å². The smallest absolute Gasteiger partial charge is 0.162 e. The van der Waals surface area contributed by atoms with Crippen molar-refractivity contribution in [2.24, 2.45) is 5.92 Å². The highest BCUT2D eigenvalue weighted by Crippen LogP contribution is 2.10. The van der Waals surface area contributed by atoms with Gasteiger partial charge in [0.05, 0.1) is 11.5 Å². The lowest BCUT2D eigenvalue weighted by Gasteiger charge is -2.06. The molecule has 0 aliphatic carbocycles. The van der Waals surface area contributed by atoms with Crippen molar-refractivity contribution in [1.82, 2.24) is 0 Å². The summed E-state index contributed by atoms with van der Waals surface area (Å²) in [6.07, 6.45) is 1.14. The molecule has 0 bridgehead atoms. The summed E-state index contributed by atoms with van der Waals surface area (Å²) in [5.74, 6) is 0.0229. The third kappa shape index (κ3) is 6.28. The van der Waals surface area contributed by atoms with E-state index in [2.05, 4.69) is 0 Å². The van der Waals surface area contributed by atoms with E-state index in [9.17, 15) is 17.6 Å². The molecule has 112 valence electrons. The molecule has 0 aliphatic heterocycles. The van der Waals surface area contributed by atoms with Crippen molar-refractivity contribution in [3.63, 3.8) is 0 Å². The van der Waals surface area contributed by atoms with Gasteiger partial charge >= 0.3 is 0 Å². The Labute approximate surface area is 120 Å². The monoisotopic (exact) mass is 300 g/mol. The maximum Gasteiger partial charge on any atom is 0.162 e. The van der Waals surface area contributed by atoms with Gasteiger partial charge in [-0.2, -0.15) is 0 Å². The van der Waals surface area contributed by atoms with Crippen LogP contribution in [0.2, 0.25) is 0 Å². The van der Waals surface area contributed by atoms with E-state index in [0.29, 0.717) is 24.3 Å². The Morgan fingerprint density at radius 3 is 2.30 bits per heavy atom. The normalized spacial score (nSPS) is 11.8. The van der Waals surface area contributed by atoms with Crippen molar-refractivity contribution in [2.75, 3.05) is 11.5 Å². The van der Waals surface area contributed by atoms with Crippen molar-refractivity contribution in [3.8, 4) is 0 Å². The first-order chi connectivity index (χ1) is 9.30. The Hall–Kier alpha value is -1.23. The summed E-state index contributed by atoms with van der Waals surface area (Å²) in [6.45, 7) is 3.96. The van der Waals surface area contributed by atoms with Gasteiger partial charge in [-0.25, -0.2) is 12.8 Å². The Kier molecular flexibility index (Phi) is 6.33. The molecule has 20 heavy (non-hydrogen) atoms. The molecule has 0 aliphatic rings. The minimum atomic E-state index is -3.07. The van der Waals surface area contributed by atoms with Gasteiger partial charge in [-0.1, -0.05) is 13.8 Å². The highest BCUT2D eigenvalue weighted by atomic mass is 32.2. The van der Waals surface area contributed by atoms with Crippen LogP contribution in [0, 0.1) is 11.7 Å². The van der Waals surface area contributed by atoms with Crippen molar-refractivity contribution >= 4 is 15.6 Å². The van der Waals surface area contributed by atoms with Gasteiger partial charge in [0.2, 0.25) is 0 Å². The van der Waals surface area contributed by atoms with Gasteiger partial charge in [-0.05, 0) is 43.0 Å². The van der Waals surface area contributed by atoms with Gasteiger partial charge in [0.15, 0.2) is 5.78 Å². The summed E-state index contributed by atoms with van der Waals surface area (Å²) in [5.41, 5.74) is 0.422. The predicted molar refractivity (Wildman–Crippen MR) is 78.1 cm³/mol. The van der Waals surface area contributed by atoms with Gasteiger partial charge in [-0.15, -0.1) is 0 Å². The summed E-state index contributed by atoms with van der Waals surface area (Å²) >= 11 is 0. The van der Waals surface area contributed by atoms with Gasteiger partial charge in [-0.3, -0.25) is 4.79 Å². The number of ketones is 1. The van der Waals surface area contributed by atoms with Crippen molar-refractivity contribution in [2.45, 2.75) is 33.1 Å². The first kappa shape index (κ1) is 16.8. The minimum Gasteiger partial charge on any atom is -0.294 e. The highest BCUT2D eigenvalue weighted by Gasteiger charge is 2.13. The molecule has 5 heteroatoms. The summed E-state index contributed by atoms with van der Waals surface area (Å²) < 4.78 is 36.2. The first-order valence-electron chi connectivity index (χ1n) is 6.79. The molecule has 0 radical (unpaired) electrons. The zero-order chi connectivity index (χ0) is 15.2. The SMILES string of the molecule is CC(C)CCS(=O)(=O)CCCC(=O)c1ccc(F)cc1. The van der Waals surface area contributed by atoms with E-state index in [4.69, 9.17) is 0 Å². The lowest BCUT2D eigenvalue weighted by atomic mass is 10.1. The van der Waals surface area contributed by atoms with E-state index in [-0.39, 0.29) is 23.7 Å². The Balaban J connectivity index is 2.40. The standard InChI is InChI=1S/C15H21FO3S/c1-12(2)9-11-20(18,19)10-3-4-15(17)13-5-7-14(16)8-6-13/h5-8,12H,3-4,9-11H2,1-2H3. The van der Waals surface area contributed by atoms with Gasteiger partial charge in [0, 0.05) is 12.0 Å². The fourth-order valence-electron chi connectivity index (χ4n) is 1.75. The van der Waals surface area contributed by atoms with Crippen molar-refractivity contribution in [1.29, 1.82) is 0 Å². The van der Waals surface area contributed by atoms with E-state index in [0.717, 1.165) is 0 Å². The summed E-state index contributed by atoms with van der Waals surface area (Å²) in [7, 11) is -3.07. The van der Waals surface area contributed by atoms with E-state index < -0.39 is 15.7 Å². The van der Waals surface area contributed by atoms with Crippen LogP contribution < -0.4 is 0 Å². The highest BCUT2D eigenvalue weighted by molar-refractivity contribution is 7.91. The van der Waals surface area contributed by atoms with Crippen LogP contribution in [0.15, 0.2) is 24.3 Å². The third-order valence-corrected chi connectivity index (χ3v) is 4.80. The second-order valence-electron chi connectivity index (χ2n) is 5.37. The Bertz CT molecular complexity index is 533. The van der Waals surface area contributed by atoms with Crippen molar-refractivity contribution < 1.29 is 17.6 Å². The lowest BCUT2D eigenvalue weighted by Crippen LogP contribution is -2.14. The van der Waals surface area contributed by atoms with Gasteiger partial charge in [0.25, 0.3) is 0 Å². The fraction of sp³-hybridized carbons (Fsp3) is 0.533. The lowest BCUT2D eigenvalue weighted by molar-refractivity contribution is 0.0982. The number of rotatable bonds is 8. The molecule has 0 aromatic heterocycles. The predicted octanol–water partition coefficient (Wildman–Crippen LogP) is 3.25. The van der Waals surface area contributed by atoms with E-state index in [1.807, 2.05) is 13.8 Å².